The molecule has 1 aromatic carbocycles. The molecule has 2 atom stereocenters. The molecular formula is C24H28O3. The first kappa shape index (κ1) is 19.2. The molecule has 1 aromatic heterocycles. The molecule has 3 heteroatoms. The zero-order valence-corrected chi connectivity index (χ0v) is 16.2. The highest BCUT2D eigenvalue weighted by Gasteiger charge is 2.26. The summed E-state index contributed by atoms with van der Waals surface area (Å²) in [6.07, 6.45) is 12.9. The Morgan fingerprint density at radius 2 is 1.96 bits per heavy atom. The molecule has 1 N–H and O–H groups in total. The van der Waals surface area contributed by atoms with Crippen LogP contribution in [-0.4, -0.2) is 5.11 Å². The van der Waals surface area contributed by atoms with Crippen molar-refractivity contribution in [3.8, 4) is 5.75 Å². The minimum Gasteiger partial charge on any atom is -0.507 e. The van der Waals surface area contributed by atoms with Gasteiger partial charge in [0.2, 0.25) is 0 Å². The second kappa shape index (κ2) is 8.43. The Bertz CT molecular complexity index is 876. The van der Waals surface area contributed by atoms with Crippen LogP contribution in [0.5, 0.6) is 5.75 Å². The molecule has 0 saturated heterocycles. The summed E-state index contributed by atoms with van der Waals surface area (Å²) < 4.78 is 5.62. The highest BCUT2D eigenvalue weighted by molar-refractivity contribution is 5.39. The van der Waals surface area contributed by atoms with Crippen molar-refractivity contribution >= 4 is 0 Å². The van der Waals surface area contributed by atoms with Crippen LogP contribution >= 0.6 is 0 Å². The van der Waals surface area contributed by atoms with Crippen LogP contribution in [0.2, 0.25) is 0 Å². The zero-order chi connectivity index (χ0) is 19.3. The zero-order valence-electron chi connectivity index (χ0n) is 16.2. The van der Waals surface area contributed by atoms with Gasteiger partial charge in [-0.25, -0.2) is 4.79 Å². The maximum absolute atomic E-state index is 12.7. The van der Waals surface area contributed by atoms with Gasteiger partial charge in [-0.05, 0) is 36.7 Å². The number of allylic oxidation sites excluding steroid dienone is 4. The highest BCUT2D eigenvalue weighted by Crippen LogP contribution is 2.37. The molecular weight excluding hydrogens is 336 g/mol. The molecule has 1 aliphatic carbocycles. The van der Waals surface area contributed by atoms with Gasteiger partial charge < -0.3 is 9.52 Å². The second-order valence-corrected chi connectivity index (χ2v) is 7.38. The lowest BCUT2D eigenvalue weighted by molar-refractivity contribution is 0.318. The summed E-state index contributed by atoms with van der Waals surface area (Å²) in [5.74, 6) is 0.437. The third-order valence-corrected chi connectivity index (χ3v) is 5.77. The van der Waals surface area contributed by atoms with Gasteiger partial charge in [0.15, 0.2) is 0 Å². The molecule has 0 fully saturated rings. The number of hydrogen-bond donors (Lipinski definition) is 1. The SMILES string of the molecule is CCC(c1ccccc1)c1c(O)cc(CCC2(CC)C=CC=CC2)oc1=O. The molecule has 0 aliphatic heterocycles. The summed E-state index contributed by atoms with van der Waals surface area (Å²) >= 11 is 0. The summed E-state index contributed by atoms with van der Waals surface area (Å²) in [4.78, 5) is 12.7. The van der Waals surface area contributed by atoms with Crippen LogP contribution in [0.3, 0.4) is 0 Å². The van der Waals surface area contributed by atoms with Gasteiger partial charge in [0.05, 0.1) is 5.56 Å². The fraction of sp³-hybridized carbons (Fsp3) is 0.375. The Balaban J connectivity index is 1.84. The van der Waals surface area contributed by atoms with Gasteiger partial charge >= 0.3 is 5.63 Å². The van der Waals surface area contributed by atoms with Crippen LogP contribution in [0.1, 0.15) is 62.3 Å². The smallest absolute Gasteiger partial charge is 0.343 e. The molecule has 2 unspecified atom stereocenters. The Morgan fingerprint density at radius 3 is 2.56 bits per heavy atom. The molecule has 0 bridgehead atoms. The van der Waals surface area contributed by atoms with Crippen LogP contribution < -0.4 is 5.63 Å². The molecule has 0 amide bonds. The fourth-order valence-electron chi connectivity index (χ4n) is 3.98. The van der Waals surface area contributed by atoms with Gasteiger partial charge in [-0.1, -0.05) is 68.5 Å². The van der Waals surface area contributed by atoms with E-state index < -0.39 is 5.63 Å². The van der Waals surface area contributed by atoms with Crippen molar-refractivity contribution in [2.75, 3.05) is 0 Å². The Labute approximate surface area is 161 Å². The van der Waals surface area contributed by atoms with Gasteiger partial charge in [0.1, 0.15) is 11.5 Å². The largest absolute Gasteiger partial charge is 0.507 e. The lowest BCUT2D eigenvalue weighted by atomic mass is 9.75. The first-order valence-corrected chi connectivity index (χ1v) is 9.83. The molecule has 3 rings (SSSR count). The molecule has 0 saturated carbocycles. The van der Waals surface area contributed by atoms with Crippen molar-refractivity contribution in [2.45, 2.75) is 51.9 Å². The summed E-state index contributed by atoms with van der Waals surface area (Å²) in [5.41, 5.74) is 1.06. The lowest BCUT2D eigenvalue weighted by Gasteiger charge is -2.29. The predicted molar refractivity (Wildman–Crippen MR) is 109 cm³/mol. The van der Waals surface area contributed by atoms with E-state index in [1.165, 1.54) is 0 Å². The molecule has 1 aliphatic rings. The Kier molecular flexibility index (Phi) is 6.00. The quantitative estimate of drug-likeness (QED) is 0.682. The van der Waals surface area contributed by atoms with E-state index in [1.807, 2.05) is 37.3 Å². The molecule has 2 aromatic rings. The monoisotopic (exact) mass is 364 g/mol. The van der Waals surface area contributed by atoms with Gasteiger partial charge in [-0.3, -0.25) is 0 Å². The van der Waals surface area contributed by atoms with E-state index in [1.54, 1.807) is 6.07 Å². The average Bonchev–Trinajstić information content (AvgIpc) is 2.70. The molecule has 1 heterocycles. The number of hydrogen-bond acceptors (Lipinski definition) is 3. The van der Waals surface area contributed by atoms with Crippen molar-refractivity contribution in [3.05, 3.63) is 88.0 Å². The molecule has 27 heavy (non-hydrogen) atoms. The topological polar surface area (TPSA) is 50.4 Å². The van der Waals surface area contributed by atoms with Gasteiger partial charge in [-0.2, -0.15) is 0 Å². The van der Waals surface area contributed by atoms with E-state index in [2.05, 4.69) is 31.2 Å². The Hall–Kier alpha value is -2.55. The Morgan fingerprint density at radius 1 is 1.19 bits per heavy atom. The van der Waals surface area contributed by atoms with E-state index >= 15 is 0 Å². The van der Waals surface area contributed by atoms with Crippen LogP contribution in [-0.2, 0) is 6.42 Å². The molecule has 0 radical (unpaired) electrons. The summed E-state index contributed by atoms with van der Waals surface area (Å²) in [7, 11) is 0. The third-order valence-electron chi connectivity index (χ3n) is 5.77. The average molecular weight is 364 g/mol. The van der Waals surface area contributed by atoms with Gasteiger partial charge in [0.25, 0.3) is 0 Å². The molecule has 142 valence electrons. The molecule has 0 spiro atoms. The van der Waals surface area contributed by atoms with Crippen LogP contribution in [0.4, 0.5) is 0 Å². The summed E-state index contributed by atoms with van der Waals surface area (Å²) in [6.45, 7) is 4.20. The maximum atomic E-state index is 12.7. The minimum absolute atomic E-state index is 0.0431. The highest BCUT2D eigenvalue weighted by atomic mass is 16.4. The number of rotatable bonds is 7. The van der Waals surface area contributed by atoms with Crippen molar-refractivity contribution < 1.29 is 9.52 Å². The second-order valence-electron chi connectivity index (χ2n) is 7.38. The van der Waals surface area contributed by atoms with Crippen molar-refractivity contribution in [1.29, 1.82) is 0 Å². The number of aryl methyl sites for hydroxylation is 1. The van der Waals surface area contributed by atoms with Crippen molar-refractivity contribution in [1.82, 2.24) is 0 Å². The predicted octanol–water partition coefficient (Wildman–Crippen LogP) is 5.73. The van der Waals surface area contributed by atoms with E-state index in [0.717, 1.165) is 31.2 Å². The number of aromatic hydroxyl groups is 1. The first-order chi connectivity index (χ1) is 13.1. The van der Waals surface area contributed by atoms with Crippen molar-refractivity contribution in [3.63, 3.8) is 0 Å². The van der Waals surface area contributed by atoms with Crippen LogP contribution in [0, 0.1) is 5.41 Å². The minimum atomic E-state index is -0.426. The van der Waals surface area contributed by atoms with Crippen LogP contribution in [0.15, 0.2) is 69.9 Å². The lowest BCUT2D eigenvalue weighted by Crippen LogP contribution is -2.19. The fourth-order valence-corrected chi connectivity index (χ4v) is 3.98. The summed E-state index contributed by atoms with van der Waals surface area (Å²) in [5, 5.41) is 10.6. The number of benzene rings is 1. The third kappa shape index (κ3) is 4.24. The van der Waals surface area contributed by atoms with Crippen LogP contribution in [0.25, 0.3) is 0 Å². The van der Waals surface area contributed by atoms with Crippen molar-refractivity contribution in [2.24, 2.45) is 5.41 Å². The van der Waals surface area contributed by atoms with E-state index in [-0.39, 0.29) is 17.1 Å². The standard InChI is InChI=1S/C24H28O3/c1-3-20(18-11-7-5-8-12-18)22-21(25)17-19(27-23(22)26)13-16-24(4-2)14-9-6-10-15-24/h5-12,14,17,20,25H,3-4,13,15-16H2,1-2H3. The normalized spacial score (nSPS) is 19.9. The first-order valence-electron chi connectivity index (χ1n) is 9.83. The van der Waals surface area contributed by atoms with Gasteiger partial charge in [-0.15, -0.1) is 0 Å². The maximum Gasteiger partial charge on any atom is 0.343 e. The molecule has 3 nitrogen and oxygen atoms in total. The van der Waals surface area contributed by atoms with E-state index in [9.17, 15) is 9.90 Å². The van der Waals surface area contributed by atoms with E-state index in [0.29, 0.717) is 17.7 Å². The van der Waals surface area contributed by atoms with Gasteiger partial charge in [0, 0.05) is 18.4 Å². The van der Waals surface area contributed by atoms with E-state index in [4.69, 9.17) is 4.42 Å². The summed E-state index contributed by atoms with van der Waals surface area (Å²) in [6, 6.07) is 11.4.